The van der Waals surface area contributed by atoms with Crippen LogP contribution < -0.4 is 5.32 Å². The highest BCUT2D eigenvalue weighted by Gasteiger charge is 2.48. The summed E-state index contributed by atoms with van der Waals surface area (Å²) in [5, 5.41) is 2.66. The molecule has 0 aromatic rings. The van der Waals surface area contributed by atoms with E-state index in [-0.39, 0.29) is 34.8 Å². The van der Waals surface area contributed by atoms with Crippen molar-refractivity contribution in [3.63, 3.8) is 0 Å². The lowest BCUT2D eigenvalue weighted by atomic mass is 10.1. The van der Waals surface area contributed by atoms with Gasteiger partial charge in [0, 0.05) is 6.04 Å². The van der Waals surface area contributed by atoms with Crippen LogP contribution in [-0.2, 0) is 19.4 Å². The van der Waals surface area contributed by atoms with E-state index in [4.69, 9.17) is 0 Å². The molecule has 1 aliphatic rings. The molecule has 0 saturated heterocycles. The van der Waals surface area contributed by atoms with E-state index < -0.39 is 9.84 Å². The minimum atomic E-state index is -3.16. The van der Waals surface area contributed by atoms with Gasteiger partial charge in [-0.05, 0) is 45.6 Å². The zero-order valence-electron chi connectivity index (χ0n) is 12.2. The Labute approximate surface area is 116 Å². The molecule has 1 rings (SSSR count). The van der Waals surface area contributed by atoms with E-state index in [1.165, 1.54) is 7.11 Å². The monoisotopic (exact) mass is 291 g/mol. The van der Waals surface area contributed by atoms with Gasteiger partial charge in [0.25, 0.3) is 0 Å². The van der Waals surface area contributed by atoms with Crippen LogP contribution in [0.3, 0.4) is 0 Å². The number of nitrogens with one attached hydrogen (secondary N) is 1. The van der Waals surface area contributed by atoms with Gasteiger partial charge in [-0.2, -0.15) is 0 Å². The standard InChI is InChI=1S/C13H25NO4S/c1-10(14-3)7-11(2)19(16,17)9-13(5-6-13)8-12(15)18-4/h10-11,14H,5-9H2,1-4H3. The van der Waals surface area contributed by atoms with Gasteiger partial charge in [-0.3, -0.25) is 4.79 Å². The van der Waals surface area contributed by atoms with Crippen molar-refractivity contribution in [3.8, 4) is 0 Å². The van der Waals surface area contributed by atoms with Crippen LogP contribution in [0.2, 0.25) is 0 Å². The summed E-state index contributed by atoms with van der Waals surface area (Å²) < 4.78 is 29.3. The first-order chi connectivity index (χ1) is 8.74. The Morgan fingerprint density at radius 1 is 1.37 bits per heavy atom. The summed E-state index contributed by atoms with van der Waals surface area (Å²) in [4.78, 5) is 11.3. The number of rotatable bonds is 8. The van der Waals surface area contributed by atoms with Crippen LogP contribution in [-0.4, -0.2) is 45.6 Å². The molecule has 0 aromatic heterocycles. The van der Waals surface area contributed by atoms with Gasteiger partial charge >= 0.3 is 5.97 Å². The van der Waals surface area contributed by atoms with Crippen molar-refractivity contribution >= 4 is 15.8 Å². The highest BCUT2D eigenvalue weighted by atomic mass is 32.2. The van der Waals surface area contributed by atoms with Crippen LogP contribution in [0.4, 0.5) is 0 Å². The van der Waals surface area contributed by atoms with E-state index in [2.05, 4.69) is 10.1 Å². The van der Waals surface area contributed by atoms with Gasteiger partial charge in [0.15, 0.2) is 9.84 Å². The Balaban J connectivity index is 2.61. The Morgan fingerprint density at radius 2 is 1.95 bits per heavy atom. The second kappa shape index (κ2) is 6.22. The fourth-order valence-corrected chi connectivity index (χ4v) is 4.37. The van der Waals surface area contributed by atoms with Gasteiger partial charge in [0.1, 0.15) is 0 Å². The maximum atomic E-state index is 12.3. The molecular weight excluding hydrogens is 266 g/mol. The van der Waals surface area contributed by atoms with Gasteiger partial charge < -0.3 is 10.1 Å². The zero-order valence-corrected chi connectivity index (χ0v) is 13.0. The molecule has 6 heteroatoms. The van der Waals surface area contributed by atoms with Gasteiger partial charge in [-0.15, -0.1) is 0 Å². The average Bonchev–Trinajstić information content (AvgIpc) is 3.07. The maximum Gasteiger partial charge on any atom is 0.306 e. The summed E-state index contributed by atoms with van der Waals surface area (Å²) in [5.74, 6) is -0.212. The molecule has 0 amide bonds. The second-order valence-electron chi connectivity index (χ2n) is 5.80. The molecule has 112 valence electrons. The number of methoxy groups -OCH3 is 1. The van der Waals surface area contributed by atoms with E-state index in [0.29, 0.717) is 6.42 Å². The molecular formula is C13H25NO4S. The normalized spacial score (nSPS) is 20.6. The SMILES string of the molecule is CNC(C)CC(C)S(=O)(=O)CC1(CC(=O)OC)CC1. The predicted molar refractivity (Wildman–Crippen MR) is 74.7 cm³/mol. The van der Waals surface area contributed by atoms with E-state index in [0.717, 1.165) is 12.8 Å². The first kappa shape index (κ1) is 16.4. The molecule has 19 heavy (non-hydrogen) atoms. The fraction of sp³-hybridized carbons (Fsp3) is 0.923. The molecule has 0 radical (unpaired) electrons. The zero-order chi connectivity index (χ0) is 14.7. The van der Waals surface area contributed by atoms with Crippen molar-refractivity contribution in [1.82, 2.24) is 5.32 Å². The molecule has 0 aromatic carbocycles. The molecule has 0 heterocycles. The van der Waals surface area contributed by atoms with Crippen molar-refractivity contribution in [2.24, 2.45) is 5.41 Å². The van der Waals surface area contributed by atoms with Crippen LogP contribution in [0.1, 0.15) is 39.5 Å². The Bertz CT molecular complexity index is 414. The summed E-state index contributed by atoms with van der Waals surface area (Å²) in [6.07, 6.45) is 2.41. The van der Waals surface area contributed by atoms with Gasteiger partial charge in [0.05, 0.1) is 24.5 Å². The Hall–Kier alpha value is -0.620. The van der Waals surface area contributed by atoms with Crippen LogP contribution in [0.15, 0.2) is 0 Å². The highest BCUT2D eigenvalue weighted by Crippen LogP contribution is 2.50. The van der Waals surface area contributed by atoms with Crippen LogP contribution in [0, 0.1) is 5.41 Å². The molecule has 2 atom stereocenters. The molecule has 0 spiro atoms. The Morgan fingerprint density at radius 3 is 2.37 bits per heavy atom. The molecule has 2 unspecified atom stereocenters. The number of carbonyl (C=O) groups excluding carboxylic acids is 1. The largest absolute Gasteiger partial charge is 0.469 e. The topological polar surface area (TPSA) is 72.5 Å². The number of ether oxygens (including phenoxy) is 1. The number of esters is 1. The molecule has 1 N–H and O–H groups in total. The lowest BCUT2D eigenvalue weighted by Crippen LogP contribution is -2.33. The summed E-state index contributed by atoms with van der Waals surface area (Å²) in [7, 11) is -0.00175. The van der Waals surface area contributed by atoms with E-state index in [9.17, 15) is 13.2 Å². The number of sulfone groups is 1. The third kappa shape index (κ3) is 4.76. The first-order valence-corrected chi connectivity index (χ1v) is 8.42. The lowest BCUT2D eigenvalue weighted by molar-refractivity contribution is -0.141. The van der Waals surface area contributed by atoms with Crippen LogP contribution in [0.25, 0.3) is 0 Å². The number of carbonyl (C=O) groups is 1. The van der Waals surface area contributed by atoms with Crippen molar-refractivity contribution in [1.29, 1.82) is 0 Å². The summed E-state index contributed by atoms with van der Waals surface area (Å²) in [6.45, 7) is 3.71. The quantitative estimate of drug-likeness (QED) is 0.679. The summed E-state index contributed by atoms with van der Waals surface area (Å²) in [5.41, 5.74) is -0.358. The molecule has 0 aliphatic heterocycles. The number of hydrogen-bond acceptors (Lipinski definition) is 5. The average molecular weight is 291 g/mol. The predicted octanol–water partition coefficient (Wildman–Crippen LogP) is 1.13. The third-order valence-electron chi connectivity index (χ3n) is 4.00. The molecule has 1 saturated carbocycles. The highest BCUT2D eigenvalue weighted by molar-refractivity contribution is 7.92. The summed E-state index contributed by atoms with van der Waals surface area (Å²) >= 11 is 0. The van der Waals surface area contributed by atoms with Crippen molar-refractivity contribution < 1.29 is 17.9 Å². The summed E-state index contributed by atoms with van der Waals surface area (Å²) in [6, 6.07) is 0.167. The number of hydrogen-bond donors (Lipinski definition) is 1. The Kier molecular flexibility index (Phi) is 5.38. The van der Waals surface area contributed by atoms with E-state index >= 15 is 0 Å². The van der Waals surface area contributed by atoms with Crippen LogP contribution >= 0.6 is 0 Å². The molecule has 1 fully saturated rings. The molecule has 5 nitrogen and oxygen atoms in total. The van der Waals surface area contributed by atoms with E-state index in [1.54, 1.807) is 6.92 Å². The van der Waals surface area contributed by atoms with Crippen molar-refractivity contribution in [2.75, 3.05) is 19.9 Å². The van der Waals surface area contributed by atoms with Crippen molar-refractivity contribution in [3.05, 3.63) is 0 Å². The fourth-order valence-electron chi connectivity index (χ4n) is 2.26. The first-order valence-electron chi connectivity index (χ1n) is 6.70. The lowest BCUT2D eigenvalue weighted by Gasteiger charge is -2.20. The van der Waals surface area contributed by atoms with Crippen molar-refractivity contribution in [2.45, 2.75) is 50.8 Å². The van der Waals surface area contributed by atoms with Gasteiger partial charge in [0.2, 0.25) is 0 Å². The molecule has 0 bridgehead atoms. The van der Waals surface area contributed by atoms with Crippen LogP contribution in [0.5, 0.6) is 0 Å². The van der Waals surface area contributed by atoms with Gasteiger partial charge in [-0.1, -0.05) is 0 Å². The maximum absolute atomic E-state index is 12.3. The minimum Gasteiger partial charge on any atom is -0.469 e. The minimum absolute atomic E-state index is 0.104. The van der Waals surface area contributed by atoms with E-state index in [1.807, 2.05) is 14.0 Å². The second-order valence-corrected chi connectivity index (χ2v) is 8.22. The smallest absolute Gasteiger partial charge is 0.306 e. The third-order valence-corrected chi connectivity index (χ3v) is 6.44. The molecule has 1 aliphatic carbocycles. The van der Waals surface area contributed by atoms with Gasteiger partial charge in [-0.25, -0.2) is 8.42 Å².